The van der Waals surface area contributed by atoms with E-state index in [9.17, 15) is 14.4 Å². The van der Waals surface area contributed by atoms with Crippen molar-refractivity contribution in [3.8, 4) is 0 Å². The summed E-state index contributed by atoms with van der Waals surface area (Å²) in [5.74, 6) is -0.921. The number of hydrogen-bond acceptors (Lipinski definition) is 5. The maximum atomic E-state index is 13.1. The summed E-state index contributed by atoms with van der Waals surface area (Å²) in [7, 11) is 0. The summed E-state index contributed by atoms with van der Waals surface area (Å²) in [5.41, 5.74) is -0.657. The van der Waals surface area contributed by atoms with Gasteiger partial charge in [-0.3, -0.25) is 4.79 Å². The van der Waals surface area contributed by atoms with Gasteiger partial charge in [-0.25, -0.2) is 14.5 Å². The first-order valence-corrected chi connectivity index (χ1v) is 9.21. The van der Waals surface area contributed by atoms with Crippen molar-refractivity contribution < 1.29 is 23.9 Å². The van der Waals surface area contributed by atoms with E-state index in [1.165, 1.54) is 9.80 Å². The lowest BCUT2D eigenvalue weighted by Crippen LogP contribution is -2.48. The Balaban J connectivity index is 3.01. The first-order valence-electron chi connectivity index (χ1n) is 9.21. The van der Waals surface area contributed by atoms with E-state index in [2.05, 4.69) is 13.2 Å². The molecule has 0 bridgehead atoms. The molecule has 2 atom stereocenters. The minimum atomic E-state index is -0.657. The van der Waals surface area contributed by atoms with Crippen LogP contribution >= 0.6 is 0 Å². The van der Waals surface area contributed by atoms with Crippen LogP contribution in [0.1, 0.15) is 41.0 Å². The molecule has 0 N–H and O–H groups in total. The Morgan fingerprint density at radius 3 is 2.44 bits per heavy atom. The van der Waals surface area contributed by atoms with Gasteiger partial charge < -0.3 is 14.4 Å². The third-order valence-corrected chi connectivity index (χ3v) is 4.16. The smallest absolute Gasteiger partial charge is 0.416 e. The van der Waals surface area contributed by atoms with E-state index in [0.717, 1.165) is 0 Å². The molecule has 0 aromatic rings. The summed E-state index contributed by atoms with van der Waals surface area (Å²) in [6.07, 6.45) is 2.33. The predicted molar refractivity (Wildman–Crippen MR) is 103 cm³/mol. The fraction of sp³-hybridized carbons (Fsp3) is 0.650. The highest BCUT2D eigenvalue weighted by Gasteiger charge is 2.42. The molecule has 0 aromatic carbocycles. The molecule has 0 unspecified atom stereocenters. The van der Waals surface area contributed by atoms with Crippen LogP contribution in [0.4, 0.5) is 9.59 Å². The van der Waals surface area contributed by atoms with Gasteiger partial charge in [-0.15, -0.1) is 13.2 Å². The quantitative estimate of drug-likeness (QED) is 0.601. The Morgan fingerprint density at radius 1 is 1.33 bits per heavy atom. The lowest BCUT2D eigenvalue weighted by atomic mass is 9.99. The second kappa shape index (κ2) is 9.58. The molecular formula is C20H32N2O5. The van der Waals surface area contributed by atoms with E-state index < -0.39 is 23.7 Å². The van der Waals surface area contributed by atoms with Crippen molar-refractivity contribution in [2.24, 2.45) is 11.8 Å². The summed E-state index contributed by atoms with van der Waals surface area (Å²) in [6, 6.07) is -0.313. The monoisotopic (exact) mass is 380 g/mol. The van der Waals surface area contributed by atoms with Gasteiger partial charge in [0, 0.05) is 13.1 Å². The van der Waals surface area contributed by atoms with Crippen LogP contribution in [0.5, 0.6) is 0 Å². The van der Waals surface area contributed by atoms with Crippen molar-refractivity contribution in [1.82, 2.24) is 9.80 Å². The summed E-state index contributed by atoms with van der Waals surface area (Å²) < 4.78 is 10.5. The van der Waals surface area contributed by atoms with Gasteiger partial charge in [0.1, 0.15) is 12.2 Å². The molecule has 1 saturated heterocycles. The molecule has 0 aliphatic carbocycles. The van der Waals surface area contributed by atoms with Crippen LogP contribution in [0.2, 0.25) is 0 Å². The highest BCUT2D eigenvalue weighted by molar-refractivity contribution is 5.95. The van der Waals surface area contributed by atoms with Gasteiger partial charge in [0.15, 0.2) is 0 Å². The molecule has 1 rings (SSSR count). The van der Waals surface area contributed by atoms with E-state index in [0.29, 0.717) is 6.42 Å². The minimum absolute atomic E-state index is 0.0694. The Morgan fingerprint density at radius 2 is 1.96 bits per heavy atom. The molecule has 0 aromatic heterocycles. The highest BCUT2D eigenvalue weighted by Crippen LogP contribution is 2.24. The number of allylic oxidation sites excluding steroid dienone is 1. The predicted octanol–water partition coefficient (Wildman–Crippen LogP) is 3.61. The van der Waals surface area contributed by atoms with Crippen molar-refractivity contribution in [2.45, 2.75) is 52.7 Å². The Kier molecular flexibility index (Phi) is 8.06. The average Bonchev–Trinajstić information content (AvgIpc) is 2.93. The zero-order chi connectivity index (χ0) is 20.8. The SMILES string of the molecule is C=CC[C@H](CN(CC=C)C(=O)OC(C)(C)C)C(=O)N1C(=O)OC[C@H]1C(C)C. The van der Waals surface area contributed by atoms with Crippen LogP contribution in [-0.4, -0.2) is 59.2 Å². The second-order valence-corrected chi connectivity index (χ2v) is 7.99. The van der Waals surface area contributed by atoms with E-state index in [1.807, 2.05) is 13.8 Å². The van der Waals surface area contributed by atoms with Crippen molar-refractivity contribution >= 4 is 18.1 Å². The van der Waals surface area contributed by atoms with Crippen LogP contribution in [-0.2, 0) is 14.3 Å². The van der Waals surface area contributed by atoms with Gasteiger partial charge in [-0.05, 0) is 33.1 Å². The third-order valence-electron chi connectivity index (χ3n) is 4.16. The number of amides is 3. The molecule has 1 aliphatic rings. The molecule has 1 aliphatic heterocycles. The van der Waals surface area contributed by atoms with Crippen LogP contribution in [0.25, 0.3) is 0 Å². The summed E-state index contributed by atoms with van der Waals surface area (Å²) >= 11 is 0. The van der Waals surface area contributed by atoms with Crippen molar-refractivity contribution in [3.63, 3.8) is 0 Å². The highest BCUT2D eigenvalue weighted by atomic mass is 16.6. The van der Waals surface area contributed by atoms with Gasteiger partial charge >= 0.3 is 12.2 Å². The summed E-state index contributed by atoms with van der Waals surface area (Å²) in [5, 5.41) is 0. The molecular weight excluding hydrogens is 348 g/mol. The largest absolute Gasteiger partial charge is 0.447 e. The first-order chi connectivity index (χ1) is 12.5. The van der Waals surface area contributed by atoms with Gasteiger partial charge in [-0.1, -0.05) is 26.0 Å². The number of imide groups is 1. The average molecular weight is 380 g/mol. The Bertz CT molecular complexity index is 579. The number of nitrogens with zero attached hydrogens (tertiary/aromatic N) is 2. The Labute approximate surface area is 162 Å². The van der Waals surface area contributed by atoms with E-state index in [1.54, 1.807) is 32.9 Å². The fourth-order valence-electron chi connectivity index (χ4n) is 2.80. The van der Waals surface area contributed by atoms with E-state index >= 15 is 0 Å². The van der Waals surface area contributed by atoms with Gasteiger partial charge in [0.2, 0.25) is 5.91 Å². The van der Waals surface area contributed by atoms with Crippen molar-refractivity contribution in [3.05, 3.63) is 25.3 Å². The van der Waals surface area contributed by atoms with Crippen molar-refractivity contribution in [1.29, 1.82) is 0 Å². The normalized spacial score (nSPS) is 18.1. The third kappa shape index (κ3) is 6.41. The number of rotatable bonds is 8. The fourth-order valence-corrected chi connectivity index (χ4v) is 2.80. The van der Waals surface area contributed by atoms with Crippen LogP contribution in [0.3, 0.4) is 0 Å². The number of ether oxygens (including phenoxy) is 2. The van der Waals surface area contributed by atoms with Crippen molar-refractivity contribution in [2.75, 3.05) is 19.7 Å². The molecule has 152 valence electrons. The summed E-state index contributed by atoms with van der Waals surface area (Å²) in [4.78, 5) is 40.3. The minimum Gasteiger partial charge on any atom is -0.447 e. The van der Waals surface area contributed by atoms with Gasteiger partial charge in [-0.2, -0.15) is 0 Å². The lowest BCUT2D eigenvalue weighted by Gasteiger charge is -2.31. The number of carbonyl (C=O) groups is 3. The second-order valence-electron chi connectivity index (χ2n) is 7.99. The summed E-state index contributed by atoms with van der Waals surface area (Å²) in [6.45, 7) is 17.1. The molecule has 7 nitrogen and oxygen atoms in total. The zero-order valence-corrected chi connectivity index (χ0v) is 17.1. The van der Waals surface area contributed by atoms with E-state index in [4.69, 9.17) is 9.47 Å². The maximum absolute atomic E-state index is 13.1. The topological polar surface area (TPSA) is 76.2 Å². The number of cyclic esters (lactones) is 1. The lowest BCUT2D eigenvalue weighted by molar-refractivity contribution is -0.134. The number of carbonyl (C=O) groups excluding carboxylic acids is 3. The Hall–Kier alpha value is -2.31. The van der Waals surface area contributed by atoms with Crippen LogP contribution in [0, 0.1) is 11.8 Å². The van der Waals surface area contributed by atoms with E-state index in [-0.39, 0.29) is 37.6 Å². The van der Waals surface area contributed by atoms with Gasteiger partial charge in [0.05, 0.1) is 12.0 Å². The molecule has 0 saturated carbocycles. The molecule has 27 heavy (non-hydrogen) atoms. The molecule has 3 amide bonds. The van der Waals surface area contributed by atoms with Crippen LogP contribution in [0.15, 0.2) is 25.3 Å². The molecule has 7 heteroatoms. The molecule has 0 radical (unpaired) electrons. The van der Waals surface area contributed by atoms with Gasteiger partial charge in [0.25, 0.3) is 0 Å². The maximum Gasteiger partial charge on any atom is 0.416 e. The van der Waals surface area contributed by atoms with Crippen LogP contribution < -0.4 is 0 Å². The molecule has 1 fully saturated rings. The molecule has 0 spiro atoms. The molecule has 1 heterocycles. The standard InChI is InChI=1S/C20H32N2O5/c1-8-10-15(12-21(11-9-2)18(24)27-20(5,6)7)17(23)22-16(14(3)4)13-26-19(22)25/h8-9,14-16H,1-2,10-13H2,3-7H3/t15-,16+/m1/s1. The number of hydrogen-bond donors (Lipinski definition) is 0. The first kappa shape index (κ1) is 22.7. The zero-order valence-electron chi connectivity index (χ0n) is 17.1.